The van der Waals surface area contributed by atoms with Crippen LogP contribution in [0.4, 0.5) is 39.5 Å². The van der Waals surface area contributed by atoms with E-state index < -0.39 is 81.3 Å². The van der Waals surface area contributed by atoms with Crippen LogP contribution in [0.15, 0.2) is 24.3 Å². The number of hydrogen-bond donors (Lipinski definition) is 0. The molecule has 1 rings (SSSR count). The number of carbonyl (C=O) groups is 2. The summed E-state index contributed by atoms with van der Waals surface area (Å²) in [6, 6.07) is 2.09. The Morgan fingerprint density at radius 3 is 1.62 bits per heavy atom. The van der Waals surface area contributed by atoms with Crippen molar-refractivity contribution in [3.63, 3.8) is 0 Å². The van der Waals surface area contributed by atoms with Crippen LogP contribution in [0.25, 0.3) is 4.13 Å². The van der Waals surface area contributed by atoms with Crippen LogP contribution in [0.2, 0.25) is 0 Å². The molecule has 10 nitrogen and oxygen atoms in total. The van der Waals surface area contributed by atoms with Gasteiger partial charge in [-0.2, -0.15) is 47.9 Å². The number of rotatable bonds is 13. The quantitative estimate of drug-likeness (QED) is 0.130. The molecule has 230 valence electrons. The zero-order valence-electron chi connectivity index (χ0n) is 20.0. The van der Waals surface area contributed by atoms with E-state index in [1.54, 1.807) is 6.92 Å². The van der Waals surface area contributed by atoms with E-state index in [1.165, 1.54) is 13.8 Å². The highest BCUT2D eigenvalue weighted by molar-refractivity contribution is 8.13. The lowest BCUT2D eigenvalue weighted by atomic mass is 9.82. The Morgan fingerprint density at radius 1 is 0.775 bits per heavy atom. The number of carbonyl (C=O) groups excluding carboxylic acids is 2. The summed E-state index contributed by atoms with van der Waals surface area (Å²) in [6.45, 7) is 4.70. The molecule has 0 radical (unpaired) electrons. The van der Waals surface area contributed by atoms with E-state index in [4.69, 9.17) is 0 Å². The first-order valence-corrected chi connectivity index (χ1v) is 14.3. The molecule has 0 heterocycles. The van der Waals surface area contributed by atoms with Gasteiger partial charge in [-0.05, 0) is 30.7 Å². The van der Waals surface area contributed by atoms with Crippen molar-refractivity contribution >= 4 is 41.7 Å². The van der Waals surface area contributed by atoms with Gasteiger partial charge in [0.1, 0.15) is 11.5 Å². The summed E-state index contributed by atoms with van der Waals surface area (Å²) in [5.41, 5.74) is -8.01. The molecule has 22 heteroatoms. The zero-order valence-corrected chi connectivity index (χ0v) is 22.4. The molecule has 0 aliphatic rings. The summed E-state index contributed by atoms with van der Waals surface area (Å²) < 4.78 is 192. The molecule has 1 aromatic carbocycles. The maximum absolute atomic E-state index is 14.1. The second kappa shape index (κ2) is 10.7. The Morgan fingerprint density at radius 2 is 1.23 bits per heavy atom. The highest BCUT2D eigenvalue weighted by Gasteiger charge is 2.81. The van der Waals surface area contributed by atoms with Crippen molar-refractivity contribution in [2.75, 3.05) is 0 Å². The molecule has 40 heavy (non-hydrogen) atoms. The van der Waals surface area contributed by atoms with Crippen molar-refractivity contribution in [2.45, 2.75) is 55.6 Å². The average Bonchev–Trinajstić information content (AvgIpc) is 2.77. The lowest BCUT2D eigenvalue weighted by molar-refractivity contribution is -0.245. The lowest BCUT2D eigenvalue weighted by Gasteiger charge is -2.35. The number of nitrogens with zero attached hydrogens (tertiary/aromatic N) is 1. The SMILES string of the molecule is CCC(C)(C)C(=O)CC(=O)c1ccc(OS(=O)(=O)C(F)(F)C(F)(F)C(F)(F)S(=O)(=O)[N-]S(=O)(=O)C(F)(F)F)cc1. The van der Waals surface area contributed by atoms with E-state index in [0.717, 1.165) is 0 Å². The molecule has 0 aliphatic heterocycles. The maximum atomic E-state index is 14.1. The molecular formula is C18H17F9NO9S3-. The van der Waals surface area contributed by atoms with Gasteiger partial charge in [0.25, 0.3) is 0 Å². The number of sulfonamides is 2. The summed E-state index contributed by atoms with van der Waals surface area (Å²) in [5, 5.41) is -14.8. The second-order valence-corrected chi connectivity index (χ2v) is 13.5. The topological polar surface area (TPSA) is 160 Å². The van der Waals surface area contributed by atoms with Gasteiger partial charge < -0.3 is 8.31 Å². The number of ketones is 2. The third kappa shape index (κ3) is 6.54. The Kier molecular flexibility index (Phi) is 9.55. The van der Waals surface area contributed by atoms with Crippen LogP contribution < -0.4 is 4.18 Å². The summed E-state index contributed by atoms with van der Waals surface area (Å²) in [6.07, 6.45) is -0.322. The van der Waals surface area contributed by atoms with E-state index in [0.29, 0.717) is 34.8 Å². The monoisotopic (exact) mass is 658 g/mol. The van der Waals surface area contributed by atoms with Gasteiger partial charge in [0.05, 0.1) is 6.42 Å². The molecule has 0 N–H and O–H groups in total. The third-order valence-electron chi connectivity index (χ3n) is 5.20. The number of benzene rings is 1. The van der Waals surface area contributed by atoms with Gasteiger partial charge in [0.2, 0.25) is 0 Å². The zero-order chi connectivity index (χ0) is 32.0. The van der Waals surface area contributed by atoms with Gasteiger partial charge in [-0.15, -0.1) is 0 Å². The normalized spacial score (nSPS) is 14.6. The second-order valence-electron chi connectivity index (χ2n) is 8.40. The molecule has 0 fully saturated rings. The molecule has 0 bridgehead atoms. The first kappa shape index (κ1) is 35.6. The summed E-state index contributed by atoms with van der Waals surface area (Å²) in [4.78, 5) is 24.3. The standard InChI is InChI=1S/C18H17F9NO9S3/c1-4-14(2,3)13(30)9-12(29)10-5-7-11(8-6-10)37-40(35,36)17(23,24)15(19,20)16(21,22)38(31,32)28-39(33,34)18(25,26)27/h5-8H,4,9H2,1-3H3/q-1. The molecule has 0 saturated carbocycles. The Bertz CT molecular complexity index is 1470. The Hall–Kier alpha value is -2.46. The summed E-state index contributed by atoms with van der Waals surface area (Å²) in [5.74, 6) is -10.4. The fraction of sp³-hybridized carbons (Fsp3) is 0.556. The van der Waals surface area contributed by atoms with Crippen molar-refractivity contribution < 1.29 is 78.5 Å². The molecule has 0 atom stereocenters. The molecule has 0 aromatic heterocycles. The third-order valence-corrected chi connectivity index (χ3v) is 9.56. The van der Waals surface area contributed by atoms with Crippen LogP contribution >= 0.6 is 0 Å². The van der Waals surface area contributed by atoms with E-state index in [9.17, 15) is 74.4 Å². The van der Waals surface area contributed by atoms with Gasteiger partial charge in [0, 0.05) is 11.0 Å². The predicted molar refractivity (Wildman–Crippen MR) is 116 cm³/mol. The first-order valence-electron chi connectivity index (χ1n) is 10.0. The van der Waals surface area contributed by atoms with Crippen molar-refractivity contribution in [3.8, 4) is 5.75 Å². The summed E-state index contributed by atoms with van der Waals surface area (Å²) in [7, 11) is -22.9. The molecule has 0 aliphatic carbocycles. The van der Waals surface area contributed by atoms with Gasteiger partial charge in [0.15, 0.2) is 25.8 Å². The van der Waals surface area contributed by atoms with Crippen molar-refractivity contribution in [2.24, 2.45) is 5.41 Å². The number of halogens is 9. The van der Waals surface area contributed by atoms with E-state index in [-0.39, 0.29) is 5.56 Å². The molecular weight excluding hydrogens is 641 g/mol. The van der Waals surface area contributed by atoms with Crippen LogP contribution in [0, 0.1) is 5.41 Å². The van der Waals surface area contributed by atoms with Gasteiger partial charge in [-0.3, -0.25) is 9.59 Å². The van der Waals surface area contributed by atoms with Crippen molar-refractivity contribution in [1.29, 1.82) is 0 Å². The van der Waals surface area contributed by atoms with E-state index in [1.807, 2.05) is 0 Å². The van der Waals surface area contributed by atoms with Crippen LogP contribution in [0.5, 0.6) is 5.75 Å². The van der Waals surface area contributed by atoms with Gasteiger partial charge in [-0.25, -0.2) is 16.8 Å². The highest BCUT2D eigenvalue weighted by atomic mass is 32.3. The van der Waals surface area contributed by atoms with Crippen LogP contribution in [-0.4, -0.2) is 58.8 Å². The fourth-order valence-electron chi connectivity index (χ4n) is 2.27. The molecule has 0 spiro atoms. The summed E-state index contributed by atoms with van der Waals surface area (Å²) >= 11 is 0. The molecule has 1 aromatic rings. The smallest absolute Gasteiger partial charge is 0.423 e. The lowest BCUT2D eigenvalue weighted by Crippen LogP contribution is -2.61. The molecule has 0 unspecified atom stereocenters. The fourth-order valence-corrected chi connectivity index (χ4v) is 5.44. The maximum Gasteiger partial charge on any atom is 0.480 e. The van der Waals surface area contributed by atoms with Crippen LogP contribution in [0.3, 0.4) is 0 Å². The highest BCUT2D eigenvalue weighted by Crippen LogP contribution is 2.53. The van der Waals surface area contributed by atoms with Gasteiger partial charge >= 0.3 is 32.1 Å². The minimum atomic E-state index is -8.04. The van der Waals surface area contributed by atoms with Crippen LogP contribution in [0.1, 0.15) is 44.0 Å². The number of hydrogen-bond acceptors (Lipinski definition) is 9. The number of Topliss-reactive ketones (excluding diaryl/α,β-unsaturated/α-hetero) is 2. The minimum Gasteiger partial charge on any atom is -0.423 e. The predicted octanol–water partition coefficient (Wildman–Crippen LogP) is 4.35. The molecule has 0 saturated heterocycles. The van der Waals surface area contributed by atoms with E-state index >= 15 is 0 Å². The average molecular weight is 659 g/mol. The molecule has 0 amide bonds. The van der Waals surface area contributed by atoms with Crippen LogP contribution in [-0.2, 0) is 35.0 Å². The van der Waals surface area contributed by atoms with Crippen molar-refractivity contribution in [1.82, 2.24) is 0 Å². The van der Waals surface area contributed by atoms with E-state index in [2.05, 4.69) is 4.18 Å². The van der Waals surface area contributed by atoms with Gasteiger partial charge in [-0.1, -0.05) is 20.8 Å². The largest absolute Gasteiger partial charge is 0.480 e. The Labute approximate surface area is 221 Å². The number of alkyl halides is 9. The van der Waals surface area contributed by atoms with Crippen molar-refractivity contribution in [3.05, 3.63) is 34.0 Å². The Balaban J connectivity index is 3.32. The minimum absolute atomic E-state index is 0.341. The first-order chi connectivity index (χ1) is 17.5.